The number of hydrogen-bond acceptors (Lipinski definition) is 5. The average molecular weight is 358 g/mol. The number of anilines is 2. The molecule has 1 fully saturated rings. The Balaban J connectivity index is 1.55. The van der Waals surface area contributed by atoms with Crippen molar-refractivity contribution in [2.75, 3.05) is 16.8 Å². The molecule has 6 nitrogen and oxygen atoms in total. The Morgan fingerprint density at radius 3 is 2.68 bits per heavy atom. The molecule has 1 saturated heterocycles. The normalized spacial score (nSPS) is 14.4. The minimum Gasteiger partial charge on any atom is -0.312 e. The van der Waals surface area contributed by atoms with Gasteiger partial charge in [0.2, 0.25) is 16.9 Å². The molecule has 0 atom stereocenters. The molecule has 2 aromatic rings. The Hall–Kier alpha value is -2.28. The number of hydrogen-bond donors (Lipinski definition) is 1. The first-order chi connectivity index (χ1) is 12.0. The van der Waals surface area contributed by atoms with E-state index in [0.717, 1.165) is 35.6 Å². The van der Waals surface area contributed by atoms with Crippen LogP contribution in [0.3, 0.4) is 0 Å². The van der Waals surface area contributed by atoms with Crippen LogP contribution in [-0.2, 0) is 22.4 Å². The number of nitrogens with one attached hydrogen (secondary N) is 1. The first-order valence-electron chi connectivity index (χ1n) is 8.53. The van der Waals surface area contributed by atoms with E-state index in [1.54, 1.807) is 4.90 Å². The van der Waals surface area contributed by atoms with Crippen LogP contribution in [0.4, 0.5) is 10.8 Å². The van der Waals surface area contributed by atoms with Crippen LogP contribution in [0.1, 0.15) is 37.3 Å². The van der Waals surface area contributed by atoms with E-state index in [1.165, 1.54) is 11.3 Å². The zero-order chi connectivity index (χ0) is 17.8. The molecule has 1 N–H and O–H groups in total. The second kappa shape index (κ2) is 7.74. The van der Waals surface area contributed by atoms with Gasteiger partial charge in [-0.05, 0) is 30.0 Å². The monoisotopic (exact) mass is 358 g/mol. The van der Waals surface area contributed by atoms with Crippen molar-refractivity contribution >= 4 is 34.0 Å². The predicted octanol–water partition coefficient (Wildman–Crippen LogP) is 3.04. The van der Waals surface area contributed by atoms with Crippen molar-refractivity contribution in [1.29, 1.82) is 0 Å². The quantitative estimate of drug-likeness (QED) is 0.861. The molecule has 132 valence electrons. The van der Waals surface area contributed by atoms with Crippen LogP contribution in [-0.4, -0.2) is 28.6 Å². The summed E-state index contributed by atoms with van der Waals surface area (Å²) in [5.74, 6) is 0.564. The molecule has 1 aromatic carbocycles. The van der Waals surface area contributed by atoms with E-state index < -0.39 is 0 Å². The molecular formula is C18H22N4O2S. The van der Waals surface area contributed by atoms with E-state index in [9.17, 15) is 9.59 Å². The largest absolute Gasteiger partial charge is 0.312 e. The Kier molecular flexibility index (Phi) is 5.43. The highest BCUT2D eigenvalue weighted by atomic mass is 32.1. The van der Waals surface area contributed by atoms with Gasteiger partial charge in [-0.3, -0.25) is 9.59 Å². The molecule has 0 bridgehead atoms. The lowest BCUT2D eigenvalue weighted by molar-refractivity contribution is -0.117. The minimum absolute atomic E-state index is 0.114. The molecular weight excluding hydrogens is 336 g/mol. The van der Waals surface area contributed by atoms with Crippen LogP contribution in [0.2, 0.25) is 0 Å². The highest BCUT2D eigenvalue weighted by Crippen LogP contribution is 2.22. The predicted molar refractivity (Wildman–Crippen MR) is 98.8 cm³/mol. The van der Waals surface area contributed by atoms with Gasteiger partial charge in [0, 0.05) is 25.1 Å². The fraction of sp³-hybridized carbons (Fsp3) is 0.444. The molecule has 7 heteroatoms. The fourth-order valence-electron chi connectivity index (χ4n) is 2.80. The number of nitrogens with zero attached hydrogens (tertiary/aromatic N) is 3. The van der Waals surface area contributed by atoms with Crippen molar-refractivity contribution in [3.8, 4) is 0 Å². The SMILES string of the molecule is CC(C)Cc1nnc(NC(=O)Cc2ccc(N3CCCC3=O)cc2)s1. The van der Waals surface area contributed by atoms with Crippen molar-refractivity contribution in [3.63, 3.8) is 0 Å². The molecule has 2 heterocycles. The van der Waals surface area contributed by atoms with Crippen molar-refractivity contribution in [2.24, 2.45) is 5.92 Å². The van der Waals surface area contributed by atoms with Crippen molar-refractivity contribution < 1.29 is 9.59 Å². The van der Waals surface area contributed by atoms with Gasteiger partial charge < -0.3 is 10.2 Å². The lowest BCUT2D eigenvalue weighted by Crippen LogP contribution is -2.23. The number of rotatable bonds is 6. The molecule has 0 aliphatic carbocycles. The van der Waals surface area contributed by atoms with Crippen molar-refractivity contribution in [3.05, 3.63) is 34.8 Å². The summed E-state index contributed by atoms with van der Waals surface area (Å²) in [5.41, 5.74) is 1.80. The standard InChI is InChI=1S/C18H22N4O2S/c1-12(2)10-16-20-21-18(25-16)19-15(23)11-13-5-7-14(8-6-13)22-9-3-4-17(22)24/h5-8,12H,3-4,9-11H2,1-2H3,(H,19,21,23). The zero-order valence-corrected chi connectivity index (χ0v) is 15.3. The smallest absolute Gasteiger partial charge is 0.230 e. The van der Waals surface area contributed by atoms with Gasteiger partial charge in [0.05, 0.1) is 6.42 Å². The fourth-order valence-corrected chi connectivity index (χ4v) is 3.77. The number of amides is 2. The lowest BCUT2D eigenvalue weighted by Gasteiger charge is -2.15. The summed E-state index contributed by atoms with van der Waals surface area (Å²) < 4.78 is 0. The first-order valence-corrected chi connectivity index (χ1v) is 9.34. The second-order valence-electron chi connectivity index (χ2n) is 6.64. The summed E-state index contributed by atoms with van der Waals surface area (Å²) >= 11 is 1.42. The van der Waals surface area contributed by atoms with Gasteiger partial charge in [0.15, 0.2) is 0 Å². The molecule has 0 radical (unpaired) electrons. The second-order valence-corrected chi connectivity index (χ2v) is 7.70. The van der Waals surface area contributed by atoms with Gasteiger partial charge in [-0.15, -0.1) is 10.2 Å². The molecule has 0 unspecified atom stereocenters. The minimum atomic E-state index is -0.114. The highest BCUT2D eigenvalue weighted by Gasteiger charge is 2.21. The van der Waals surface area contributed by atoms with Crippen LogP contribution in [0.25, 0.3) is 0 Å². The lowest BCUT2D eigenvalue weighted by atomic mass is 10.1. The summed E-state index contributed by atoms with van der Waals surface area (Å²) in [6, 6.07) is 7.59. The molecule has 25 heavy (non-hydrogen) atoms. The van der Waals surface area contributed by atoms with Gasteiger partial charge in [-0.1, -0.05) is 37.3 Å². The van der Waals surface area contributed by atoms with E-state index in [-0.39, 0.29) is 18.2 Å². The molecule has 1 aliphatic rings. The average Bonchev–Trinajstić information content (AvgIpc) is 3.16. The molecule has 3 rings (SSSR count). The van der Waals surface area contributed by atoms with E-state index >= 15 is 0 Å². The maximum atomic E-state index is 12.2. The van der Waals surface area contributed by atoms with Gasteiger partial charge >= 0.3 is 0 Å². The first kappa shape index (κ1) is 17.5. The summed E-state index contributed by atoms with van der Waals surface area (Å²) in [6.07, 6.45) is 2.66. The Labute approximate surface area is 151 Å². The molecule has 0 saturated carbocycles. The van der Waals surface area contributed by atoms with E-state index in [1.807, 2.05) is 24.3 Å². The molecule has 1 aromatic heterocycles. The van der Waals surface area contributed by atoms with Gasteiger partial charge in [0.1, 0.15) is 5.01 Å². The number of benzene rings is 1. The third-order valence-corrected chi connectivity index (χ3v) is 4.84. The Morgan fingerprint density at radius 1 is 1.28 bits per heavy atom. The van der Waals surface area contributed by atoms with E-state index in [0.29, 0.717) is 17.5 Å². The number of aromatic nitrogens is 2. The summed E-state index contributed by atoms with van der Waals surface area (Å²) in [4.78, 5) is 25.7. The van der Waals surface area contributed by atoms with Crippen LogP contribution < -0.4 is 10.2 Å². The molecule has 0 spiro atoms. The summed E-state index contributed by atoms with van der Waals surface area (Å²) in [7, 11) is 0. The maximum absolute atomic E-state index is 12.2. The third-order valence-electron chi connectivity index (χ3n) is 3.98. The maximum Gasteiger partial charge on any atom is 0.230 e. The molecule has 2 amide bonds. The topological polar surface area (TPSA) is 75.2 Å². The number of carbonyl (C=O) groups is 2. The van der Waals surface area contributed by atoms with Gasteiger partial charge in [-0.25, -0.2) is 0 Å². The van der Waals surface area contributed by atoms with Crippen molar-refractivity contribution in [2.45, 2.75) is 39.5 Å². The Morgan fingerprint density at radius 2 is 2.04 bits per heavy atom. The van der Waals surface area contributed by atoms with Crippen LogP contribution in [0.5, 0.6) is 0 Å². The zero-order valence-electron chi connectivity index (χ0n) is 14.5. The van der Waals surface area contributed by atoms with Crippen LogP contribution in [0, 0.1) is 5.92 Å². The summed E-state index contributed by atoms with van der Waals surface area (Å²) in [6.45, 7) is 5.02. The Bertz CT molecular complexity index is 755. The van der Waals surface area contributed by atoms with E-state index in [4.69, 9.17) is 0 Å². The molecule has 1 aliphatic heterocycles. The summed E-state index contributed by atoms with van der Waals surface area (Å²) in [5, 5.41) is 12.4. The highest BCUT2D eigenvalue weighted by molar-refractivity contribution is 7.15. The third kappa shape index (κ3) is 4.63. The van der Waals surface area contributed by atoms with Crippen LogP contribution >= 0.6 is 11.3 Å². The van der Waals surface area contributed by atoms with E-state index in [2.05, 4.69) is 29.4 Å². The van der Waals surface area contributed by atoms with Crippen LogP contribution in [0.15, 0.2) is 24.3 Å². The van der Waals surface area contributed by atoms with Crippen molar-refractivity contribution in [1.82, 2.24) is 10.2 Å². The number of carbonyl (C=O) groups excluding carboxylic acids is 2. The van der Waals surface area contributed by atoms with Gasteiger partial charge in [-0.2, -0.15) is 0 Å². The van der Waals surface area contributed by atoms with Gasteiger partial charge in [0.25, 0.3) is 0 Å².